The molecule has 0 spiro atoms. The van der Waals surface area contributed by atoms with Gasteiger partial charge in [-0.05, 0) is 33.3 Å². The normalized spacial score (nSPS) is 18.1. The molecular formula is C14H21NO2S. The van der Waals surface area contributed by atoms with Crippen molar-refractivity contribution in [2.45, 2.75) is 44.9 Å². The molecule has 0 radical (unpaired) electrons. The number of ether oxygens (including phenoxy) is 1. The van der Waals surface area contributed by atoms with Gasteiger partial charge in [0.2, 0.25) is 0 Å². The van der Waals surface area contributed by atoms with Gasteiger partial charge in [-0.2, -0.15) is 0 Å². The smallest absolute Gasteiger partial charge is 0.136 e. The topological polar surface area (TPSA) is 44.3 Å². The van der Waals surface area contributed by atoms with Crippen molar-refractivity contribution < 1.29 is 9.29 Å². The molecule has 2 rings (SSSR count). The van der Waals surface area contributed by atoms with E-state index in [2.05, 4.69) is 10.8 Å². The second-order valence-electron chi connectivity index (χ2n) is 5.65. The molecule has 0 aromatic heterocycles. The van der Waals surface area contributed by atoms with Gasteiger partial charge in [0.1, 0.15) is 10.5 Å². The fourth-order valence-corrected chi connectivity index (χ4v) is 2.78. The summed E-state index contributed by atoms with van der Waals surface area (Å²) in [6.07, 6.45) is 0.970. The summed E-state index contributed by atoms with van der Waals surface area (Å²) < 4.78 is 20.7. The first-order valence-electron chi connectivity index (χ1n) is 6.32. The molecule has 3 nitrogen and oxygen atoms in total. The van der Waals surface area contributed by atoms with Crippen LogP contribution >= 0.6 is 0 Å². The van der Waals surface area contributed by atoms with Gasteiger partial charge in [0.25, 0.3) is 0 Å². The SMILES string of the molecule is C[C@H](N[S+]([O-])C(C)(C)C)c1cccc2c1OCC2. The molecule has 0 saturated heterocycles. The third-order valence-electron chi connectivity index (χ3n) is 3.05. The second-order valence-corrected chi connectivity index (χ2v) is 7.65. The van der Waals surface area contributed by atoms with Gasteiger partial charge in [0.15, 0.2) is 0 Å². The molecule has 1 heterocycles. The molecule has 1 unspecified atom stereocenters. The fraction of sp³-hybridized carbons (Fsp3) is 0.571. The number of rotatable bonds is 3. The van der Waals surface area contributed by atoms with Crippen LogP contribution in [0, 0.1) is 0 Å². The summed E-state index contributed by atoms with van der Waals surface area (Å²) in [5, 5.41) is 0. The van der Waals surface area contributed by atoms with E-state index in [1.807, 2.05) is 39.8 Å². The maximum absolute atomic E-state index is 12.1. The van der Waals surface area contributed by atoms with Gasteiger partial charge in [-0.1, -0.05) is 18.2 Å². The highest BCUT2D eigenvalue weighted by molar-refractivity contribution is 7.90. The lowest BCUT2D eigenvalue weighted by atomic mass is 10.0. The maximum atomic E-state index is 12.1. The summed E-state index contributed by atoms with van der Waals surface area (Å²) in [4.78, 5) is 0. The largest absolute Gasteiger partial charge is 0.598 e. The standard InChI is InChI=1S/C14H21NO2S/c1-10(15-18(16)14(2,3)4)12-7-5-6-11-8-9-17-13(11)12/h5-7,10,15H,8-9H2,1-4H3/t10-,18?/m0/s1. The minimum Gasteiger partial charge on any atom is -0.598 e. The van der Waals surface area contributed by atoms with Crippen LogP contribution in [-0.4, -0.2) is 15.9 Å². The lowest BCUT2D eigenvalue weighted by molar-refractivity contribution is 0.351. The zero-order valence-corrected chi connectivity index (χ0v) is 12.3. The molecule has 4 heteroatoms. The Hall–Kier alpha value is -0.710. The fourth-order valence-electron chi connectivity index (χ4n) is 1.98. The average Bonchev–Trinajstić information content (AvgIpc) is 2.74. The Morgan fingerprint density at radius 1 is 1.39 bits per heavy atom. The number of para-hydroxylation sites is 1. The van der Waals surface area contributed by atoms with E-state index in [1.54, 1.807) is 0 Å². The molecule has 2 atom stereocenters. The van der Waals surface area contributed by atoms with Crippen molar-refractivity contribution >= 4 is 11.4 Å². The number of nitrogens with one attached hydrogen (secondary N) is 1. The Morgan fingerprint density at radius 2 is 2.11 bits per heavy atom. The highest BCUT2D eigenvalue weighted by atomic mass is 32.2. The summed E-state index contributed by atoms with van der Waals surface area (Å²) in [7, 11) is 0. The monoisotopic (exact) mass is 267 g/mol. The Balaban J connectivity index is 2.15. The second kappa shape index (κ2) is 5.11. The van der Waals surface area contributed by atoms with Crippen LogP contribution < -0.4 is 9.46 Å². The number of benzene rings is 1. The van der Waals surface area contributed by atoms with E-state index in [0.29, 0.717) is 0 Å². The van der Waals surface area contributed by atoms with Crippen molar-refractivity contribution in [3.05, 3.63) is 29.3 Å². The molecule has 1 N–H and O–H groups in total. The summed E-state index contributed by atoms with van der Waals surface area (Å²) >= 11 is -1.07. The molecule has 1 aromatic rings. The highest BCUT2D eigenvalue weighted by Crippen LogP contribution is 2.34. The Morgan fingerprint density at radius 3 is 2.78 bits per heavy atom. The van der Waals surface area contributed by atoms with Gasteiger partial charge in [-0.15, -0.1) is 4.72 Å². The van der Waals surface area contributed by atoms with Crippen LogP contribution in [0.3, 0.4) is 0 Å². The zero-order chi connectivity index (χ0) is 13.3. The van der Waals surface area contributed by atoms with E-state index in [-0.39, 0.29) is 10.8 Å². The molecule has 0 bridgehead atoms. The molecule has 100 valence electrons. The molecule has 1 aliphatic rings. The van der Waals surface area contributed by atoms with Crippen LogP contribution in [-0.2, 0) is 17.8 Å². The van der Waals surface area contributed by atoms with Crippen LogP contribution in [0.1, 0.15) is 44.9 Å². The van der Waals surface area contributed by atoms with Crippen molar-refractivity contribution in [1.82, 2.24) is 4.72 Å². The van der Waals surface area contributed by atoms with Crippen LogP contribution in [0.25, 0.3) is 0 Å². The van der Waals surface area contributed by atoms with E-state index >= 15 is 0 Å². The number of hydrogen-bond acceptors (Lipinski definition) is 3. The van der Waals surface area contributed by atoms with E-state index in [9.17, 15) is 4.55 Å². The van der Waals surface area contributed by atoms with Gasteiger partial charge < -0.3 is 9.29 Å². The van der Waals surface area contributed by atoms with E-state index in [4.69, 9.17) is 4.74 Å². The Kier molecular flexibility index (Phi) is 3.90. The van der Waals surface area contributed by atoms with Gasteiger partial charge in [-0.3, -0.25) is 0 Å². The molecule has 1 aromatic carbocycles. The molecule has 18 heavy (non-hydrogen) atoms. The Bertz CT molecular complexity index is 428. The van der Waals surface area contributed by atoms with Gasteiger partial charge in [-0.25, -0.2) is 0 Å². The lowest BCUT2D eigenvalue weighted by Crippen LogP contribution is -2.40. The zero-order valence-electron chi connectivity index (χ0n) is 11.4. The maximum Gasteiger partial charge on any atom is 0.136 e. The minimum atomic E-state index is -1.07. The first-order chi connectivity index (χ1) is 8.39. The van der Waals surface area contributed by atoms with Crippen molar-refractivity contribution in [3.8, 4) is 5.75 Å². The summed E-state index contributed by atoms with van der Waals surface area (Å²) in [5.74, 6) is 0.975. The van der Waals surface area contributed by atoms with E-state index in [0.717, 1.165) is 24.3 Å². The third-order valence-corrected chi connectivity index (χ3v) is 4.73. The molecule has 0 amide bonds. The first kappa shape index (κ1) is 13.7. The van der Waals surface area contributed by atoms with Gasteiger partial charge in [0.05, 0.1) is 12.6 Å². The predicted octanol–water partition coefficient (Wildman–Crippen LogP) is 2.73. The summed E-state index contributed by atoms with van der Waals surface area (Å²) in [6, 6.07) is 6.21. The average molecular weight is 267 g/mol. The van der Waals surface area contributed by atoms with Crippen LogP contribution in [0.4, 0.5) is 0 Å². The van der Waals surface area contributed by atoms with E-state index < -0.39 is 11.4 Å². The first-order valence-corrected chi connectivity index (χ1v) is 7.47. The van der Waals surface area contributed by atoms with Crippen molar-refractivity contribution in [3.63, 3.8) is 0 Å². The molecule has 0 fully saturated rings. The minimum absolute atomic E-state index is 0.0260. The number of fused-ring (bicyclic) bond motifs is 1. The lowest BCUT2D eigenvalue weighted by Gasteiger charge is -2.27. The highest BCUT2D eigenvalue weighted by Gasteiger charge is 2.30. The van der Waals surface area contributed by atoms with Gasteiger partial charge in [0, 0.05) is 23.3 Å². The van der Waals surface area contributed by atoms with Crippen molar-refractivity contribution in [1.29, 1.82) is 0 Å². The summed E-state index contributed by atoms with van der Waals surface area (Å²) in [6.45, 7) is 8.68. The van der Waals surface area contributed by atoms with Crippen LogP contribution in [0.15, 0.2) is 18.2 Å². The quantitative estimate of drug-likeness (QED) is 0.856. The van der Waals surface area contributed by atoms with Crippen LogP contribution in [0.5, 0.6) is 5.75 Å². The van der Waals surface area contributed by atoms with Gasteiger partial charge >= 0.3 is 0 Å². The van der Waals surface area contributed by atoms with Crippen LogP contribution in [0.2, 0.25) is 0 Å². The van der Waals surface area contributed by atoms with E-state index in [1.165, 1.54) is 5.56 Å². The predicted molar refractivity (Wildman–Crippen MR) is 75.1 cm³/mol. The third kappa shape index (κ3) is 2.82. The molecule has 1 aliphatic heterocycles. The molecule has 0 aliphatic carbocycles. The Labute approximate surface area is 112 Å². The number of hydrogen-bond donors (Lipinski definition) is 1. The van der Waals surface area contributed by atoms with Crippen molar-refractivity contribution in [2.75, 3.05) is 6.61 Å². The van der Waals surface area contributed by atoms with Crippen molar-refractivity contribution in [2.24, 2.45) is 0 Å². The molecular weight excluding hydrogens is 246 g/mol. The summed E-state index contributed by atoms with van der Waals surface area (Å²) in [5.41, 5.74) is 2.35. The molecule has 0 saturated carbocycles.